The number of rotatable bonds is 5. The van der Waals surface area contributed by atoms with Crippen LogP contribution in [0.1, 0.15) is 5.56 Å². The van der Waals surface area contributed by atoms with E-state index in [4.69, 9.17) is 9.47 Å². The van der Waals surface area contributed by atoms with Crippen molar-refractivity contribution in [2.24, 2.45) is 0 Å². The highest BCUT2D eigenvalue weighted by molar-refractivity contribution is 5.50. The SMILES string of the molecule is COc1cccc(CNc2cccc(F)c2)c1OC. The van der Waals surface area contributed by atoms with Crippen LogP contribution in [0.2, 0.25) is 0 Å². The van der Waals surface area contributed by atoms with Gasteiger partial charge in [0, 0.05) is 17.8 Å². The van der Waals surface area contributed by atoms with Crippen molar-refractivity contribution in [3.8, 4) is 11.5 Å². The molecular weight excluding hydrogens is 245 g/mol. The van der Waals surface area contributed by atoms with Crippen LogP contribution < -0.4 is 14.8 Å². The van der Waals surface area contributed by atoms with E-state index in [1.807, 2.05) is 24.3 Å². The fourth-order valence-electron chi connectivity index (χ4n) is 1.89. The van der Waals surface area contributed by atoms with Gasteiger partial charge in [0.2, 0.25) is 0 Å². The predicted molar refractivity (Wildman–Crippen MR) is 73.3 cm³/mol. The fourth-order valence-corrected chi connectivity index (χ4v) is 1.89. The number of benzene rings is 2. The Balaban J connectivity index is 2.15. The van der Waals surface area contributed by atoms with Crippen LogP contribution >= 0.6 is 0 Å². The van der Waals surface area contributed by atoms with Gasteiger partial charge in [0.25, 0.3) is 0 Å². The lowest BCUT2D eigenvalue weighted by Crippen LogP contribution is -2.03. The summed E-state index contributed by atoms with van der Waals surface area (Å²) >= 11 is 0. The fraction of sp³-hybridized carbons (Fsp3) is 0.200. The molecule has 2 aromatic carbocycles. The zero-order valence-corrected chi connectivity index (χ0v) is 10.9. The number of halogens is 1. The molecule has 0 spiro atoms. The van der Waals surface area contributed by atoms with Crippen molar-refractivity contribution >= 4 is 5.69 Å². The summed E-state index contributed by atoms with van der Waals surface area (Å²) < 4.78 is 23.6. The van der Waals surface area contributed by atoms with Gasteiger partial charge in [-0.2, -0.15) is 0 Å². The van der Waals surface area contributed by atoms with Gasteiger partial charge in [-0.3, -0.25) is 0 Å². The van der Waals surface area contributed by atoms with Gasteiger partial charge in [-0.05, 0) is 24.3 Å². The lowest BCUT2D eigenvalue weighted by Gasteiger charge is -2.13. The Hall–Kier alpha value is -2.23. The average molecular weight is 261 g/mol. The minimum absolute atomic E-state index is 0.261. The number of anilines is 1. The summed E-state index contributed by atoms with van der Waals surface area (Å²) in [6, 6.07) is 12.0. The minimum atomic E-state index is -0.261. The van der Waals surface area contributed by atoms with E-state index >= 15 is 0 Å². The number of nitrogens with one attached hydrogen (secondary N) is 1. The van der Waals surface area contributed by atoms with E-state index in [9.17, 15) is 4.39 Å². The molecule has 4 heteroatoms. The number of ether oxygens (including phenoxy) is 2. The highest BCUT2D eigenvalue weighted by Crippen LogP contribution is 2.31. The average Bonchev–Trinajstić information content (AvgIpc) is 2.44. The van der Waals surface area contributed by atoms with E-state index in [1.165, 1.54) is 12.1 Å². The van der Waals surface area contributed by atoms with E-state index < -0.39 is 0 Å². The molecule has 0 heterocycles. The van der Waals surface area contributed by atoms with E-state index in [2.05, 4.69) is 5.32 Å². The van der Waals surface area contributed by atoms with Crippen LogP contribution in [-0.2, 0) is 6.54 Å². The van der Waals surface area contributed by atoms with Crippen molar-refractivity contribution < 1.29 is 13.9 Å². The van der Waals surface area contributed by atoms with Crippen LogP contribution in [0.4, 0.5) is 10.1 Å². The third-order valence-corrected chi connectivity index (χ3v) is 2.79. The third kappa shape index (κ3) is 3.16. The Labute approximate surface area is 112 Å². The molecule has 0 bridgehead atoms. The van der Waals surface area contributed by atoms with Crippen LogP contribution in [0, 0.1) is 5.82 Å². The molecule has 0 unspecified atom stereocenters. The van der Waals surface area contributed by atoms with Gasteiger partial charge in [-0.15, -0.1) is 0 Å². The second-order valence-corrected chi connectivity index (χ2v) is 4.02. The summed E-state index contributed by atoms with van der Waals surface area (Å²) in [5, 5.41) is 3.15. The van der Waals surface area contributed by atoms with Crippen molar-refractivity contribution in [1.82, 2.24) is 0 Å². The Morgan fingerprint density at radius 3 is 2.53 bits per heavy atom. The van der Waals surface area contributed by atoms with Crippen LogP contribution in [0.3, 0.4) is 0 Å². The minimum Gasteiger partial charge on any atom is -0.493 e. The molecule has 0 radical (unpaired) electrons. The van der Waals surface area contributed by atoms with Crippen LogP contribution in [0.5, 0.6) is 11.5 Å². The highest BCUT2D eigenvalue weighted by atomic mass is 19.1. The highest BCUT2D eigenvalue weighted by Gasteiger charge is 2.08. The molecule has 0 aliphatic heterocycles. The molecular formula is C15H16FNO2. The summed E-state index contributed by atoms with van der Waals surface area (Å²) in [4.78, 5) is 0. The summed E-state index contributed by atoms with van der Waals surface area (Å²) in [5.74, 6) is 1.11. The van der Waals surface area contributed by atoms with Crippen LogP contribution in [0.15, 0.2) is 42.5 Å². The Morgan fingerprint density at radius 2 is 1.84 bits per heavy atom. The molecule has 0 aliphatic carbocycles. The normalized spacial score (nSPS) is 10.1. The van der Waals surface area contributed by atoms with E-state index in [-0.39, 0.29) is 5.82 Å². The first-order chi connectivity index (χ1) is 9.24. The van der Waals surface area contributed by atoms with Gasteiger partial charge in [0.1, 0.15) is 5.82 Å². The van der Waals surface area contributed by atoms with Crippen molar-refractivity contribution in [3.63, 3.8) is 0 Å². The Kier molecular flexibility index (Phi) is 4.23. The van der Waals surface area contributed by atoms with Crippen LogP contribution in [-0.4, -0.2) is 14.2 Å². The van der Waals surface area contributed by atoms with Gasteiger partial charge in [-0.25, -0.2) is 4.39 Å². The quantitative estimate of drug-likeness (QED) is 0.894. The molecule has 0 atom stereocenters. The molecule has 0 amide bonds. The Morgan fingerprint density at radius 1 is 1.05 bits per heavy atom. The van der Waals surface area contributed by atoms with Gasteiger partial charge in [0.05, 0.1) is 14.2 Å². The maximum absolute atomic E-state index is 13.1. The molecule has 0 saturated carbocycles. The molecule has 0 saturated heterocycles. The first-order valence-electron chi connectivity index (χ1n) is 5.94. The zero-order chi connectivity index (χ0) is 13.7. The molecule has 0 aromatic heterocycles. The summed E-state index contributed by atoms with van der Waals surface area (Å²) in [6.45, 7) is 0.532. The van der Waals surface area contributed by atoms with Crippen LogP contribution in [0.25, 0.3) is 0 Å². The molecule has 100 valence electrons. The third-order valence-electron chi connectivity index (χ3n) is 2.79. The summed E-state index contributed by atoms with van der Waals surface area (Å²) in [5.41, 5.74) is 1.68. The standard InChI is InChI=1S/C15H16FNO2/c1-18-14-8-3-5-11(15(14)19-2)10-17-13-7-4-6-12(16)9-13/h3-9,17H,10H2,1-2H3. The van der Waals surface area contributed by atoms with Gasteiger partial charge < -0.3 is 14.8 Å². The molecule has 2 rings (SSSR count). The predicted octanol–water partition coefficient (Wildman–Crippen LogP) is 3.46. The topological polar surface area (TPSA) is 30.5 Å². The lowest BCUT2D eigenvalue weighted by molar-refractivity contribution is 0.352. The van der Waals surface area contributed by atoms with Gasteiger partial charge in [0.15, 0.2) is 11.5 Å². The molecule has 0 aliphatic rings. The maximum Gasteiger partial charge on any atom is 0.165 e. The molecule has 3 nitrogen and oxygen atoms in total. The number of hydrogen-bond donors (Lipinski definition) is 1. The van der Waals surface area contributed by atoms with Crippen molar-refractivity contribution in [2.75, 3.05) is 19.5 Å². The smallest absolute Gasteiger partial charge is 0.165 e. The second kappa shape index (κ2) is 6.09. The molecule has 19 heavy (non-hydrogen) atoms. The first-order valence-corrected chi connectivity index (χ1v) is 5.94. The molecule has 1 N–H and O–H groups in total. The van der Waals surface area contributed by atoms with E-state index in [1.54, 1.807) is 20.3 Å². The largest absolute Gasteiger partial charge is 0.493 e. The number of methoxy groups -OCH3 is 2. The van der Waals surface area contributed by atoms with Gasteiger partial charge >= 0.3 is 0 Å². The van der Waals surface area contributed by atoms with E-state index in [0.29, 0.717) is 18.0 Å². The summed E-state index contributed by atoms with van der Waals surface area (Å²) in [7, 11) is 3.20. The lowest BCUT2D eigenvalue weighted by atomic mass is 10.1. The molecule has 2 aromatic rings. The monoisotopic (exact) mass is 261 g/mol. The molecule has 0 fully saturated rings. The first kappa shape index (κ1) is 13.2. The van der Waals surface area contributed by atoms with Gasteiger partial charge in [-0.1, -0.05) is 18.2 Å². The van der Waals surface area contributed by atoms with Crippen molar-refractivity contribution in [1.29, 1.82) is 0 Å². The van der Waals surface area contributed by atoms with Crippen molar-refractivity contribution in [2.45, 2.75) is 6.54 Å². The van der Waals surface area contributed by atoms with E-state index in [0.717, 1.165) is 11.3 Å². The maximum atomic E-state index is 13.1. The van der Waals surface area contributed by atoms with Crippen molar-refractivity contribution in [3.05, 3.63) is 53.8 Å². The number of hydrogen-bond acceptors (Lipinski definition) is 3. The number of para-hydroxylation sites is 1. The Bertz CT molecular complexity index is 558. The summed E-state index contributed by atoms with van der Waals surface area (Å²) in [6.07, 6.45) is 0. The zero-order valence-electron chi connectivity index (χ0n) is 10.9. The second-order valence-electron chi connectivity index (χ2n) is 4.02.